The summed E-state index contributed by atoms with van der Waals surface area (Å²) in [7, 11) is 0. The predicted molar refractivity (Wildman–Crippen MR) is 120 cm³/mol. The van der Waals surface area contributed by atoms with Crippen LogP contribution < -0.4 is 0 Å². The van der Waals surface area contributed by atoms with Gasteiger partial charge in [-0.1, -0.05) is 48.6 Å². The van der Waals surface area contributed by atoms with Gasteiger partial charge in [0.05, 0.1) is 0 Å². The number of allylic oxidation sites excluding steroid dienone is 2. The largest absolute Gasteiger partial charge is 0.102 e. The smallest absolute Gasteiger partial charge is 0.0260 e. The summed E-state index contributed by atoms with van der Waals surface area (Å²) in [4.78, 5) is 1.29. The number of thioether (sulfide) groups is 1. The SMILES string of the molecule is C=C(S/C=C(\C)Cc1cc(C)c(I)cc1C)C1(c2ccccc2)CC1. The highest BCUT2D eigenvalue weighted by atomic mass is 127. The van der Waals surface area contributed by atoms with Crippen molar-refractivity contribution in [3.8, 4) is 0 Å². The first-order chi connectivity index (χ1) is 11.9. The van der Waals surface area contributed by atoms with Gasteiger partial charge in [-0.15, -0.1) is 11.8 Å². The molecule has 1 aliphatic carbocycles. The van der Waals surface area contributed by atoms with Crippen molar-refractivity contribution in [3.05, 3.63) is 90.8 Å². The van der Waals surface area contributed by atoms with E-state index in [9.17, 15) is 0 Å². The molecular formula is C23H25IS. The molecule has 0 radical (unpaired) electrons. The Bertz CT molecular complexity index is 813. The molecule has 0 spiro atoms. The second-order valence-electron chi connectivity index (χ2n) is 7.16. The van der Waals surface area contributed by atoms with E-state index in [0.29, 0.717) is 0 Å². The summed E-state index contributed by atoms with van der Waals surface area (Å²) in [6.07, 6.45) is 3.47. The Labute approximate surface area is 170 Å². The number of hydrogen-bond donors (Lipinski definition) is 0. The van der Waals surface area contributed by atoms with Crippen LogP contribution in [0, 0.1) is 17.4 Å². The van der Waals surface area contributed by atoms with Gasteiger partial charge < -0.3 is 0 Å². The summed E-state index contributed by atoms with van der Waals surface area (Å²) in [5.74, 6) is 0. The molecule has 0 atom stereocenters. The van der Waals surface area contributed by atoms with E-state index in [1.165, 1.54) is 49.1 Å². The van der Waals surface area contributed by atoms with E-state index in [1.54, 1.807) is 0 Å². The van der Waals surface area contributed by atoms with E-state index >= 15 is 0 Å². The molecule has 25 heavy (non-hydrogen) atoms. The first kappa shape index (κ1) is 18.8. The molecule has 0 aromatic heterocycles. The zero-order valence-electron chi connectivity index (χ0n) is 15.2. The fourth-order valence-electron chi connectivity index (χ4n) is 3.27. The second kappa shape index (κ2) is 7.71. The monoisotopic (exact) mass is 460 g/mol. The fraction of sp³-hybridized carbons (Fsp3) is 0.304. The quantitative estimate of drug-likeness (QED) is 0.407. The highest BCUT2D eigenvalue weighted by Crippen LogP contribution is 2.56. The van der Waals surface area contributed by atoms with Crippen molar-refractivity contribution in [1.82, 2.24) is 0 Å². The Kier molecular flexibility index (Phi) is 5.79. The van der Waals surface area contributed by atoms with Crippen molar-refractivity contribution in [2.75, 3.05) is 0 Å². The molecule has 0 bridgehead atoms. The van der Waals surface area contributed by atoms with Crippen LogP contribution in [0.5, 0.6) is 0 Å². The van der Waals surface area contributed by atoms with E-state index in [4.69, 9.17) is 0 Å². The van der Waals surface area contributed by atoms with Crippen LogP contribution in [0.1, 0.15) is 42.0 Å². The van der Waals surface area contributed by atoms with Crippen LogP contribution >= 0.6 is 34.4 Å². The Balaban J connectivity index is 1.68. The number of rotatable bonds is 6. The van der Waals surface area contributed by atoms with Gasteiger partial charge in [-0.2, -0.15) is 0 Å². The van der Waals surface area contributed by atoms with Crippen LogP contribution in [0.3, 0.4) is 0 Å². The first-order valence-electron chi connectivity index (χ1n) is 8.75. The highest BCUT2D eigenvalue weighted by Gasteiger charge is 2.46. The van der Waals surface area contributed by atoms with Gasteiger partial charge in [0.15, 0.2) is 0 Å². The van der Waals surface area contributed by atoms with E-state index in [1.807, 2.05) is 11.8 Å². The Hall–Kier alpha value is -1.00. The molecule has 1 saturated carbocycles. The van der Waals surface area contributed by atoms with Gasteiger partial charge in [0.25, 0.3) is 0 Å². The molecule has 0 aliphatic heterocycles. The third kappa shape index (κ3) is 4.22. The highest BCUT2D eigenvalue weighted by molar-refractivity contribution is 14.1. The summed E-state index contributed by atoms with van der Waals surface area (Å²) in [6, 6.07) is 15.5. The van der Waals surface area contributed by atoms with Crippen LogP contribution in [0.4, 0.5) is 0 Å². The zero-order valence-corrected chi connectivity index (χ0v) is 18.2. The molecule has 0 saturated heterocycles. The van der Waals surface area contributed by atoms with E-state index in [-0.39, 0.29) is 5.41 Å². The van der Waals surface area contributed by atoms with Crippen molar-refractivity contribution >= 4 is 34.4 Å². The van der Waals surface area contributed by atoms with Crippen LogP contribution in [-0.4, -0.2) is 0 Å². The average Bonchev–Trinajstić information content (AvgIpc) is 3.40. The summed E-state index contributed by atoms with van der Waals surface area (Å²) < 4.78 is 1.35. The van der Waals surface area contributed by atoms with Crippen LogP contribution in [0.15, 0.2) is 64.9 Å². The molecule has 2 aromatic carbocycles. The molecule has 130 valence electrons. The maximum atomic E-state index is 4.40. The van der Waals surface area contributed by atoms with Gasteiger partial charge in [-0.25, -0.2) is 0 Å². The molecule has 2 heteroatoms. The normalized spacial score (nSPS) is 15.9. The maximum Gasteiger partial charge on any atom is 0.0260 e. The number of benzene rings is 2. The van der Waals surface area contributed by atoms with Crippen molar-refractivity contribution in [1.29, 1.82) is 0 Å². The molecule has 0 amide bonds. The molecule has 1 aliphatic rings. The molecule has 0 N–H and O–H groups in total. The molecular weight excluding hydrogens is 435 g/mol. The minimum absolute atomic E-state index is 0.206. The standard InChI is InChI=1S/C23H25IS/c1-16(12-20-13-18(3)22(24)14-17(20)2)15-25-19(4)23(10-11-23)21-8-6-5-7-9-21/h5-9,13-15H,4,10-12H2,1-3H3/b16-15+. The molecule has 1 fully saturated rings. The molecule has 3 rings (SSSR count). The van der Waals surface area contributed by atoms with Gasteiger partial charge in [0.1, 0.15) is 0 Å². The lowest BCUT2D eigenvalue weighted by Gasteiger charge is -2.17. The van der Waals surface area contributed by atoms with Crippen LogP contribution in [0.2, 0.25) is 0 Å². The van der Waals surface area contributed by atoms with E-state index in [0.717, 1.165) is 6.42 Å². The number of halogens is 1. The Morgan fingerprint density at radius 3 is 2.48 bits per heavy atom. The molecule has 2 aromatic rings. The van der Waals surface area contributed by atoms with E-state index < -0.39 is 0 Å². The Morgan fingerprint density at radius 2 is 1.84 bits per heavy atom. The fourth-order valence-corrected chi connectivity index (χ4v) is 4.87. The van der Waals surface area contributed by atoms with E-state index in [2.05, 4.69) is 97.8 Å². The van der Waals surface area contributed by atoms with Crippen molar-refractivity contribution in [2.45, 2.75) is 45.4 Å². The number of hydrogen-bond acceptors (Lipinski definition) is 1. The van der Waals surface area contributed by atoms with Gasteiger partial charge in [0.2, 0.25) is 0 Å². The third-order valence-corrected chi connectivity index (χ3v) is 7.46. The summed E-state index contributed by atoms with van der Waals surface area (Å²) >= 11 is 4.24. The Morgan fingerprint density at radius 1 is 1.16 bits per heavy atom. The average molecular weight is 460 g/mol. The van der Waals surface area contributed by atoms with Gasteiger partial charge in [-0.3, -0.25) is 0 Å². The van der Waals surface area contributed by atoms with Crippen molar-refractivity contribution in [2.24, 2.45) is 0 Å². The first-order valence-corrected chi connectivity index (χ1v) is 10.7. The van der Waals surface area contributed by atoms with Gasteiger partial charge in [-0.05, 0) is 101 Å². The summed E-state index contributed by atoms with van der Waals surface area (Å²) in [6.45, 7) is 11.0. The minimum Gasteiger partial charge on any atom is -0.102 e. The molecule has 0 heterocycles. The topological polar surface area (TPSA) is 0 Å². The maximum absolute atomic E-state index is 4.40. The predicted octanol–water partition coefficient (Wildman–Crippen LogP) is 7.33. The lowest BCUT2D eigenvalue weighted by atomic mass is 9.96. The zero-order chi connectivity index (χ0) is 18.0. The van der Waals surface area contributed by atoms with Crippen LogP contribution in [0.25, 0.3) is 0 Å². The third-order valence-electron chi connectivity index (χ3n) is 5.10. The summed E-state index contributed by atoms with van der Waals surface area (Å²) in [5.41, 5.74) is 7.21. The van der Waals surface area contributed by atoms with Gasteiger partial charge in [0, 0.05) is 8.99 Å². The molecule has 0 nitrogen and oxygen atoms in total. The van der Waals surface area contributed by atoms with Crippen molar-refractivity contribution < 1.29 is 0 Å². The molecule has 0 unspecified atom stereocenters. The second-order valence-corrected chi connectivity index (χ2v) is 9.28. The summed E-state index contributed by atoms with van der Waals surface area (Å²) in [5, 5.41) is 2.30. The lowest BCUT2D eigenvalue weighted by molar-refractivity contribution is 0.879. The van der Waals surface area contributed by atoms with Crippen molar-refractivity contribution in [3.63, 3.8) is 0 Å². The van der Waals surface area contributed by atoms with Crippen LogP contribution in [-0.2, 0) is 11.8 Å². The lowest BCUT2D eigenvalue weighted by Crippen LogP contribution is -2.06. The number of aryl methyl sites for hydroxylation is 2. The van der Waals surface area contributed by atoms with Gasteiger partial charge >= 0.3 is 0 Å². The minimum atomic E-state index is 0.206.